The lowest BCUT2D eigenvalue weighted by Crippen LogP contribution is -2.41. The Morgan fingerprint density at radius 3 is 2.57 bits per heavy atom. The van der Waals surface area contributed by atoms with Crippen LogP contribution in [0.5, 0.6) is 5.75 Å². The van der Waals surface area contributed by atoms with Gasteiger partial charge in [0.25, 0.3) is 5.91 Å². The molecular formula is C15H20FNO4. The summed E-state index contributed by atoms with van der Waals surface area (Å²) in [7, 11) is 0. The minimum atomic E-state index is -1.22. The maximum absolute atomic E-state index is 13.7. The maximum Gasteiger partial charge on any atom is 0.335 e. The molecule has 0 aliphatic carbocycles. The fourth-order valence-electron chi connectivity index (χ4n) is 1.84. The second-order valence-electron chi connectivity index (χ2n) is 4.91. The van der Waals surface area contributed by atoms with Crippen molar-refractivity contribution in [2.75, 3.05) is 0 Å². The molecule has 1 rings (SSSR count). The largest absolute Gasteiger partial charge is 0.478 e. The Morgan fingerprint density at radius 1 is 1.38 bits per heavy atom. The van der Waals surface area contributed by atoms with Crippen LogP contribution in [0.25, 0.3) is 0 Å². The standard InChI is InChI=1S/C15H20FNO4/c1-4-5-9(2)17-14(18)10(3)21-13-7-6-11(15(19)20)8-12(13)16/h6-10H,4-5H2,1-3H3,(H,17,18)(H,19,20). The van der Waals surface area contributed by atoms with Gasteiger partial charge >= 0.3 is 5.97 Å². The second kappa shape index (κ2) is 7.61. The lowest BCUT2D eigenvalue weighted by molar-refractivity contribution is -0.128. The summed E-state index contributed by atoms with van der Waals surface area (Å²) >= 11 is 0. The van der Waals surface area contributed by atoms with Crippen LogP contribution >= 0.6 is 0 Å². The fraction of sp³-hybridized carbons (Fsp3) is 0.467. The van der Waals surface area contributed by atoms with Gasteiger partial charge in [-0.15, -0.1) is 0 Å². The molecule has 0 spiro atoms. The number of nitrogens with one attached hydrogen (secondary N) is 1. The minimum absolute atomic E-state index is 0.0211. The highest BCUT2D eigenvalue weighted by atomic mass is 19.1. The number of halogens is 1. The van der Waals surface area contributed by atoms with Crippen LogP contribution in [0.4, 0.5) is 4.39 Å². The van der Waals surface area contributed by atoms with E-state index >= 15 is 0 Å². The molecule has 5 nitrogen and oxygen atoms in total. The lowest BCUT2D eigenvalue weighted by atomic mass is 10.2. The van der Waals surface area contributed by atoms with Gasteiger partial charge in [-0.1, -0.05) is 13.3 Å². The first-order valence-electron chi connectivity index (χ1n) is 6.85. The highest BCUT2D eigenvalue weighted by Gasteiger charge is 2.18. The van der Waals surface area contributed by atoms with E-state index in [0.717, 1.165) is 18.9 Å². The van der Waals surface area contributed by atoms with Crippen LogP contribution in [0.2, 0.25) is 0 Å². The summed E-state index contributed by atoms with van der Waals surface area (Å²) in [5.74, 6) is -2.51. The molecule has 0 saturated heterocycles. The summed E-state index contributed by atoms with van der Waals surface area (Å²) in [4.78, 5) is 22.6. The molecular weight excluding hydrogens is 277 g/mol. The van der Waals surface area contributed by atoms with Crippen molar-refractivity contribution in [1.82, 2.24) is 5.32 Å². The van der Waals surface area contributed by atoms with Crippen LogP contribution in [0.1, 0.15) is 44.0 Å². The first kappa shape index (κ1) is 16.9. The molecule has 6 heteroatoms. The molecule has 1 aromatic carbocycles. The minimum Gasteiger partial charge on any atom is -0.478 e. The van der Waals surface area contributed by atoms with Crippen LogP contribution in [0.3, 0.4) is 0 Å². The van der Waals surface area contributed by atoms with E-state index in [1.165, 1.54) is 19.1 Å². The van der Waals surface area contributed by atoms with E-state index in [1.807, 2.05) is 13.8 Å². The number of rotatable bonds is 7. The monoisotopic (exact) mass is 297 g/mol. The summed E-state index contributed by atoms with van der Waals surface area (Å²) < 4.78 is 18.9. The first-order valence-corrected chi connectivity index (χ1v) is 6.85. The van der Waals surface area contributed by atoms with Crippen LogP contribution in [0, 0.1) is 5.82 Å². The highest BCUT2D eigenvalue weighted by Crippen LogP contribution is 2.19. The van der Waals surface area contributed by atoms with Crippen LogP contribution in [-0.2, 0) is 4.79 Å². The Morgan fingerprint density at radius 2 is 2.05 bits per heavy atom. The van der Waals surface area contributed by atoms with Crippen molar-refractivity contribution in [3.63, 3.8) is 0 Å². The van der Waals surface area contributed by atoms with Crippen molar-refractivity contribution in [2.45, 2.75) is 45.8 Å². The van der Waals surface area contributed by atoms with E-state index in [9.17, 15) is 14.0 Å². The number of carbonyl (C=O) groups is 2. The molecule has 116 valence electrons. The van der Waals surface area contributed by atoms with Crippen molar-refractivity contribution in [3.05, 3.63) is 29.6 Å². The van der Waals surface area contributed by atoms with E-state index in [0.29, 0.717) is 0 Å². The summed E-state index contributed by atoms with van der Waals surface area (Å²) in [6.45, 7) is 5.41. The number of carbonyl (C=O) groups excluding carboxylic acids is 1. The van der Waals surface area contributed by atoms with Gasteiger partial charge in [-0.25, -0.2) is 9.18 Å². The molecule has 2 unspecified atom stereocenters. The topological polar surface area (TPSA) is 75.6 Å². The van der Waals surface area contributed by atoms with E-state index in [-0.39, 0.29) is 23.3 Å². The number of benzene rings is 1. The third-order valence-corrected chi connectivity index (χ3v) is 2.96. The van der Waals surface area contributed by atoms with Gasteiger partial charge in [-0.2, -0.15) is 0 Å². The number of aromatic carboxylic acids is 1. The maximum atomic E-state index is 13.7. The Bertz CT molecular complexity index is 518. The van der Waals surface area contributed by atoms with Gasteiger partial charge in [0.2, 0.25) is 0 Å². The van der Waals surface area contributed by atoms with Crippen LogP contribution in [0.15, 0.2) is 18.2 Å². The van der Waals surface area contributed by atoms with Crippen molar-refractivity contribution in [2.24, 2.45) is 0 Å². The molecule has 0 aliphatic heterocycles. The molecule has 2 N–H and O–H groups in total. The van der Waals surface area contributed by atoms with Crippen molar-refractivity contribution >= 4 is 11.9 Å². The van der Waals surface area contributed by atoms with E-state index < -0.39 is 17.9 Å². The smallest absolute Gasteiger partial charge is 0.335 e. The lowest BCUT2D eigenvalue weighted by Gasteiger charge is -2.18. The molecule has 21 heavy (non-hydrogen) atoms. The van der Waals surface area contributed by atoms with E-state index in [1.54, 1.807) is 0 Å². The van der Waals surface area contributed by atoms with Gasteiger partial charge in [0.1, 0.15) is 0 Å². The SMILES string of the molecule is CCCC(C)NC(=O)C(C)Oc1ccc(C(=O)O)cc1F. The fourth-order valence-corrected chi connectivity index (χ4v) is 1.84. The van der Waals surface area contributed by atoms with Gasteiger partial charge in [0.05, 0.1) is 5.56 Å². The zero-order chi connectivity index (χ0) is 16.0. The summed E-state index contributed by atoms with van der Waals surface area (Å²) in [5, 5.41) is 11.5. The number of carboxylic acids is 1. The molecule has 1 amide bonds. The molecule has 0 fully saturated rings. The van der Waals surface area contributed by atoms with E-state index in [2.05, 4.69) is 5.32 Å². The van der Waals surface area contributed by atoms with Gasteiger partial charge < -0.3 is 15.2 Å². The quantitative estimate of drug-likeness (QED) is 0.811. The number of ether oxygens (including phenoxy) is 1. The molecule has 0 bridgehead atoms. The van der Waals surface area contributed by atoms with Crippen molar-refractivity contribution < 1.29 is 23.8 Å². The third kappa shape index (κ3) is 5.06. The number of hydrogen-bond acceptors (Lipinski definition) is 3. The molecule has 0 aromatic heterocycles. The molecule has 0 heterocycles. The molecule has 1 aromatic rings. The highest BCUT2D eigenvalue weighted by molar-refractivity contribution is 5.87. The van der Waals surface area contributed by atoms with Gasteiger partial charge in [-0.05, 0) is 38.5 Å². The average molecular weight is 297 g/mol. The first-order chi connectivity index (χ1) is 9.85. The zero-order valence-corrected chi connectivity index (χ0v) is 12.4. The summed E-state index contributed by atoms with van der Waals surface area (Å²) in [5.41, 5.74) is -0.173. The van der Waals surface area contributed by atoms with Crippen molar-refractivity contribution in [3.8, 4) is 5.75 Å². The van der Waals surface area contributed by atoms with E-state index in [4.69, 9.17) is 9.84 Å². The van der Waals surface area contributed by atoms with Gasteiger partial charge in [0.15, 0.2) is 17.7 Å². The van der Waals surface area contributed by atoms with Crippen LogP contribution in [-0.4, -0.2) is 29.1 Å². The number of carboxylic acid groups (broad SMARTS) is 1. The Labute approximate surface area is 123 Å². The predicted octanol–water partition coefficient (Wildman–Crippen LogP) is 2.60. The molecule has 0 aliphatic rings. The Hall–Kier alpha value is -2.11. The normalized spacial score (nSPS) is 13.3. The average Bonchev–Trinajstić information content (AvgIpc) is 2.40. The second-order valence-corrected chi connectivity index (χ2v) is 4.91. The summed E-state index contributed by atoms with van der Waals surface area (Å²) in [6, 6.07) is 3.32. The Balaban J connectivity index is 2.68. The molecule has 0 saturated carbocycles. The Kier molecular flexibility index (Phi) is 6.14. The number of hydrogen-bond donors (Lipinski definition) is 2. The van der Waals surface area contributed by atoms with Crippen molar-refractivity contribution in [1.29, 1.82) is 0 Å². The van der Waals surface area contributed by atoms with Gasteiger partial charge in [0, 0.05) is 6.04 Å². The van der Waals surface area contributed by atoms with Crippen LogP contribution < -0.4 is 10.1 Å². The molecule has 0 radical (unpaired) electrons. The molecule has 2 atom stereocenters. The zero-order valence-electron chi connectivity index (χ0n) is 12.4. The predicted molar refractivity (Wildman–Crippen MR) is 76.0 cm³/mol. The third-order valence-electron chi connectivity index (χ3n) is 2.96. The van der Waals surface area contributed by atoms with Gasteiger partial charge in [-0.3, -0.25) is 4.79 Å². The summed E-state index contributed by atoms with van der Waals surface area (Å²) in [6.07, 6.45) is 0.928. The number of amides is 1.